The van der Waals surface area contributed by atoms with Gasteiger partial charge < -0.3 is 32.1 Å². The van der Waals surface area contributed by atoms with Crippen molar-refractivity contribution < 1.29 is 14.7 Å². The second kappa shape index (κ2) is 31.4. The molecule has 0 spiro atoms. The summed E-state index contributed by atoms with van der Waals surface area (Å²) in [7, 11) is 0. The maximum absolute atomic E-state index is 12.5. The first-order valence-electron chi connectivity index (χ1n) is 21.8. The van der Waals surface area contributed by atoms with Crippen LogP contribution in [0.5, 0.6) is 0 Å². The summed E-state index contributed by atoms with van der Waals surface area (Å²) in [5.74, 6) is -1.43. The van der Waals surface area contributed by atoms with Crippen molar-refractivity contribution in [2.45, 2.75) is 142 Å². The van der Waals surface area contributed by atoms with Crippen LogP contribution in [-0.2, 0) is 31.0 Å². The van der Waals surface area contributed by atoms with Gasteiger partial charge in [-0.1, -0.05) is 127 Å². The van der Waals surface area contributed by atoms with Crippen molar-refractivity contribution in [1.29, 1.82) is 0 Å². The Hall–Kier alpha value is -4.64. The number of carbonyl (C=O) groups is 2. The van der Waals surface area contributed by atoms with Gasteiger partial charge in [0, 0.05) is 56.4 Å². The van der Waals surface area contributed by atoms with E-state index >= 15 is 0 Å². The molecule has 0 aliphatic rings. The summed E-state index contributed by atoms with van der Waals surface area (Å²) in [5.41, 5.74) is 11.4. The first-order chi connectivity index (χ1) is 28.5. The Kier molecular flexibility index (Phi) is 25.8. The molecule has 4 aromatic rings. The third kappa shape index (κ3) is 22.3. The number of hydrogen-bond donors (Lipinski definition) is 6. The molecule has 0 fully saturated rings. The number of rotatable bonds is 30. The molecule has 1 atom stereocenters. The number of aromatic nitrogens is 2. The van der Waals surface area contributed by atoms with Crippen molar-refractivity contribution in [1.82, 2.24) is 25.9 Å². The van der Waals surface area contributed by atoms with E-state index in [2.05, 4.69) is 62.4 Å². The van der Waals surface area contributed by atoms with Crippen LogP contribution in [0, 0.1) is 0 Å². The number of hydrogen-bond acceptors (Lipinski definition) is 8. The van der Waals surface area contributed by atoms with Gasteiger partial charge in [-0.15, -0.1) is 0 Å². The number of unbranched alkanes of at least 4 members (excludes halogenated alkanes) is 13. The van der Waals surface area contributed by atoms with E-state index in [0.29, 0.717) is 51.1 Å². The highest BCUT2D eigenvalue weighted by atomic mass is 16.4. The molecular formula is C48H71N7O3. The number of nitrogens with one attached hydrogen (secondary N) is 4. The molecule has 0 saturated carbocycles. The zero-order valence-electron chi connectivity index (χ0n) is 35.1. The van der Waals surface area contributed by atoms with Crippen molar-refractivity contribution in [3.05, 3.63) is 125 Å². The normalized spacial score (nSPS) is 11.3. The summed E-state index contributed by atoms with van der Waals surface area (Å²) in [4.78, 5) is 32.6. The van der Waals surface area contributed by atoms with E-state index < -0.39 is 17.9 Å². The highest BCUT2D eigenvalue weighted by Crippen LogP contribution is 2.14. The lowest BCUT2D eigenvalue weighted by atomic mass is 10.0. The van der Waals surface area contributed by atoms with E-state index in [1.165, 1.54) is 101 Å². The number of carbonyl (C=O) groups excluding carboxylic acids is 1. The molecule has 0 unspecified atom stereocenters. The van der Waals surface area contributed by atoms with Crippen LogP contribution in [0.3, 0.4) is 0 Å². The fourth-order valence-corrected chi connectivity index (χ4v) is 6.57. The Bertz CT molecular complexity index is 1610. The van der Waals surface area contributed by atoms with E-state index in [4.69, 9.17) is 5.73 Å². The Balaban J connectivity index is 0.000000324. The highest BCUT2D eigenvalue weighted by molar-refractivity contribution is 5.96. The standard InChI is InChI=1S/C25H29N5O3.C23H42N2/c31-24(20-11-9-19(10-12-20)16-27-18-22-7-2-4-15-29-22)30-23(25(32)33)8-5-13-26-17-21-6-1-3-14-28-21;1-2-3-4-5-6-7-8-9-10-11-12-13-14-15-20-25-23-18-16-22(21-24)17-19-23/h1-4,6-7,9-12,14-15,23,26-27H,5,8,13,16-18H2,(H,30,31)(H,32,33);16-19,25H,2-15,20-21,24H2,1H3/t23-;/m0./s1. The van der Waals surface area contributed by atoms with Crippen LogP contribution in [0.4, 0.5) is 5.69 Å². The van der Waals surface area contributed by atoms with Crippen molar-refractivity contribution in [3.8, 4) is 0 Å². The van der Waals surface area contributed by atoms with Crippen LogP contribution in [-0.4, -0.2) is 46.1 Å². The number of carboxylic acid groups (broad SMARTS) is 1. The number of nitrogens with two attached hydrogens (primary N) is 1. The second-order valence-electron chi connectivity index (χ2n) is 15.0. The average molecular weight is 794 g/mol. The molecule has 2 aromatic carbocycles. The lowest BCUT2D eigenvalue weighted by Crippen LogP contribution is -2.41. The van der Waals surface area contributed by atoms with Crippen LogP contribution < -0.4 is 27.0 Å². The van der Waals surface area contributed by atoms with Gasteiger partial charge in [0.2, 0.25) is 0 Å². The van der Waals surface area contributed by atoms with E-state index in [-0.39, 0.29) is 0 Å². The molecule has 1 amide bonds. The Morgan fingerprint density at radius 2 is 1.14 bits per heavy atom. The lowest BCUT2D eigenvalue weighted by molar-refractivity contribution is -0.139. The summed E-state index contributed by atoms with van der Waals surface area (Å²) >= 11 is 0. The van der Waals surface area contributed by atoms with Gasteiger partial charge in [-0.05, 0) is 85.5 Å². The van der Waals surface area contributed by atoms with Gasteiger partial charge in [-0.25, -0.2) is 4.79 Å². The maximum atomic E-state index is 12.5. The van der Waals surface area contributed by atoms with E-state index in [9.17, 15) is 14.7 Å². The number of pyridine rings is 2. The Labute approximate surface area is 348 Å². The van der Waals surface area contributed by atoms with E-state index in [1.54, 1.807) is 24.5 Å². The molecule has 2 aromatic heterocycles. The molecule has 58 heavy (non-hydrogen) atoms. The molecule has 4 rings (SSSR count). The molecule has 316 valence electrons. The minimum Gasteiger partial charge on any atom is -0.480 e. The minimum atomic E-state index is -1.04. The molecule has 0 radical (unpaired) electrons. The number of anilines is 1. The molecule has 2 heterocycles. The number of benzene rings is 2. The van der Waals surface area contributed by atoms with Gasteiger partial charge in [0.15, 0.2) is 0 Å². The third-order valence-corrected chi connectivity index (χ3v) is 10.1. The van der Waals surface area contributed by atoms with Crippen molar-refractivity contribution in [2.75, 3.05) is 18.4 Å². The SMILES string of the molecule is CCCCCCCCCCCCCCCCNc1ccc(CN)cc1.O=C(N[C@@H](CCCNCc1ccccn1)C(=O)O)c1ccc(CNCc2ccccn2)cc1. The first kappa shape index (κ1) is 47.7. The van der Waals surface area contributed by atoms with E-state index in [0.717, 1.165) is 23.5 Å². The predicted molar refractivity (Wildman–Crippen MR) is 238 cm³/mol. The highest BCUT2D eigenvalue weighted by Gasteiger charge is 2.20. The number of nitrogens with zero attached hydrogens (tertiary/aromatic N) is 2. The molecule has 0 bridgehead atoms. The number of aliphatic carboxylic acids is 1. The molecule has 10 nitrogen and oxygen atoms in total. The lowest BCUT2D eigenvalue weighted by Gasteiger charge is -2.15. The maximum Gasteiger partial charge on any atom is 0.326 e. The number of amides is 1. The zero-order valence-corrected chi connectivity index (χ0v) is 35.1. The molecule has 10 heteroatoms. The van der Waals surface area contributed by atoms with Gasteiger partial charge >= 0.3 is 5.97 Å². The third-order valence-electron chi connectivity index (χ3n) is 10.1. The van der Waals surface area contributed by atoms with Crippen LogP contribution in [0.15, 0.2) is 97.3 Å². The van der Waals surface area contributed by atoms with Gasteiger partial charge in [-0.2, -0.15) is 0 Å². The van der Waals surface area contributed by atoms with Crippen molar-refractivity contribution in [3.63, 3.8) is 0 Å². The average Bonchev–Trinajstić information content (AvgIpc) is 3.26. The summed E-state index contributed by atoms with van der Waals surface area (Å²) in [6.45, 7) is 6.54. The molecule has 0 aliphatic heterocycles. The van der Waals surface area contributed by atoms with Crippen LogP contribution in [0.25, 0.3) is 0 Å². The van der Waals surface area contributed by atoms with Gasteiger partial charge in [-0.3, -0.25) is 14.8 Å². The van der Waals surface area contributed by atoms with E-state index in [1.807, 2.05) is 48.5 Å². The summed E-state index contributed by atoms with van der Waals surface area (Å²) in [5, 5.41) is 22.1. The molecular weight excluding hydrogens is 723 g/mol. The van der Waals surface area contributed by atoms with Gasteiger partial charge in [0.25, 0.3) is 5.91 Å². The molecule has 0 aliphatic carbocycles. The Morgan fingerprint density at radius 1 is 0.603 bits per heavy atom. The predicted octanol–water partition coefficient (Wildman–Crippen LogP) is 9.56. The molecule has 0 saturated heterocycles. The molecule has 7 N–H and O–H groups in total. The topological polar surface area (TPSA) is 154 Å². The van der Waals surface area contributed by atoms with Crippen LogP contribution in [0.1, 0.15) is 143 Å². The number of carboxylic acids is 1. The summed E-state index contributed by atoms with van der Waals surface area (Å²) in [6, 6.07) is 26.2. The first-order valence-corrected chi connectivity index (χ1v) is 21.8. The largest absolute Gasteiger partial charge is 0.480 e. The second-order valence-corrected chi connectivity index (χ2v) is 15.0. The monoisotopic (exact) mass is 794 g/mol. The van der Waals surface area contributed by atoms with Crippen LogP contribution in [0.2, 0.25) is 0 Å². The van der Waals surface area contributed by atoms with Crippen molar-refractivity contribution in [2.24, 2.45) is 5.73 Å². The summed E-state index contributed by atoms with van der Waals surface area (Å²) in [6.07, 6.45) is 24.3. The smallest absolute Gasteiger partial charge is 0.326 e. The fraction of sp³-hybridized carbons (Fsp3) is 0.500. The Morgan fingerprint density at radius 3 is 1.66 bits per heavy atom. The quantitative estimate of drug-likeness (QED) is 0.0283. The fourth-order valence-electron chi connectivity index (χ4n) is 6.57. The van der Waals surface area contributed by atoms with Gasteiger partial charge in [0.05, 0.1) is 11.4 Å². The van der Waals surface area contributed by atoms with Crippen LogP contribution >= 0.6 is 0 Å². The minimum absolute atomic E-state index is 0.339. The summed E-state index contributed by atoms with van der Waals surface area (Å²) < 4.78 is 0. The van der Waals surface area contributed by atoms with Crippen molar-refractivity contribution >= 4 is 17.6 Å². The zero-order chi connectivity index (χ0) is 41.3. The van der Waals surface area contributed by atoms with Gasteiger partial charge in [0.1, 0.15) is 6.04 Å².